The van der Waals surface area contributed by atoms with Crippen molar-refractivity contribution in [3.05, 3.63) is 69.8 Å². The van der Waals surface area contributed by atoms with Crippen molar-refractivity contribution >= 4 is 52.4 Å². The van der Waals surface area contributed by atoms with Crippen molar-refractivity contribution in [2.75, 3.05) is 24.0 Å². The minimum absolute atomic E-state index is 0.285. The van der Waals surface area contributed by atoms with Crippen LogP contribution in [0.25, 0.3) is 0 Å². The lowest BCUT2D eigenvalue weighted by atomic mass is 10.2. The fraction of sp³-hybridized carbons (Fsp3) is 0.150. The number of amides is 1. The molecule has 0 saturated heterocycles. The maximum atomic E-state index is 12.9. The Balaban J connectivity index is 1.83. The van der Waals surface area contributed by atoms with Gasteiger partial charge in [0.25, 0.3) is 5.91 Å². The molecule has 0 aliphatic heterocycles. The molecule has 1 aromatic heterocycles. The first-order chi connectivity index (χ1) is 14.0. The molecule has 0 aliphatic carbocycles. The van der Waals surface area contributed by atoms with Gasteiger partial charge in [0.2, 0.25) is 0 Å². The highest BCUT2D eigenvalue weighted by atomic mass is 35.5. The van der Waals surface area contributed by atoms with E-state index in [1.54, 1.807) is 25.3 Å². The van der Waals surface area contributed by atoms with Crippen molar-refractivity contribution in [2.24, 2.45) is 0 Å². The molecule has 0 atom stereocenters. The molecular formula is C20H18Cl2N4O2S. The fourth-order valence-electron chi connectivity index (χ4n) is 2.49. The molecule has 3 rings (SSSR count). The van der Waals surface area contributed by atoms with Gasteiger partial charge in [0, 0.05) is 12.7 Å². The van der Waals surface area contributed by atoms with Gasteiger partial charge >= 0.3 is 0 Å². The zero-order chi connectivity index (χ0) is 20.8. The van der Waals surface area contributed by atoms with E-state index in [0.29, 0.717) is 33.3 Å². The van der Waals surface area contributed by atoms with E-state index in [1.165, 1.54) is 18.0 Å². The van der Waals surface area contributed by atoms with Gasteiger partial charge in [-0.3, -0.25) is 4.79 Å². The topological polar surface area (TPSA) is 76.1 Å². The second kappa shape index (κ2) is 9.82. The average Bonchev–Trinajstić information content (AvgIpc) is 2.75. The van der Waals surface area contributed by atoms with Gasteiger partial charge in [-0.1, -0.05) is 53.2 Å². The van der Waals surface area contributed by atoms with Crippen LogP contribution in [0, 0.1) is 0 Å². The summed E-state index contributed by atoms with van der Waals surface area (Å²) in [5, 5.41) is 7.19. The summed E-state index contributed by atoms with van der Waals surface area (Å²) in [5.41, 5.74) is 1.64. The third kappa shape index (κ3) is 5.32. The Bertz CT molecular complexity index is 996. The third-order valence-corrected chi connectivity index (χ3v) is 5.21. The molecule has 9 heteroatoms. The number of hydrogen-bond donors (Lipinski definition) is 2. The third-order valence-electron chi connectivity index (χ3n) is 4.01. The van der Waals surface area contributed by atoms with Crippen LogP contribution in [-0.2, 0) is 6.54 Å². The van der Waals surface area contributed by atoms with Crippen molar-refractivity contribution < 1.29 is 9.53 Å². The quantitative estimate of drug-likeness (QED) is 0.373. The highest BCUT2D eigenvalue weighted by Crippen LogP contribution is 2.30. The van der Waals surface area contributed by atoms with E-state index in [2.05, 4.69) is 20.6 Å². The first-order valence-corrected chi connectivity index (χ1v) is 10.5. The smallest absolute Gasteiger partial charge is 0.261 e. The van der Waals surface area contributed by atoms with E-state index in [9.17, 15) is 4.79 Å². The Morgan fingerprint density at radius 2 is 1.83 bits per heavy atom. The number of carbonyl (C=O) groups is 1. The molecule has 0 aliphatic rings. The number of rotatable bonds is 7. The molecule has 0 radical (unpaired) electrons. The zero-order valence-electron chi connectivity index (χ0n) is 15.7. The van der Waals surface area contributed by atoms with Gasteiger partial charge in [0.1, 0.15) is 17.1 Å². The second-order valence-electron chi connectivity index (χ2n) is 5.87. The molecule has 0 saturated carbocycles. The van der Waals surface area contributed by atoms with Gasteiger partial charge in [0.15, 0.2) is 5.16 Å². The van der Waals surface area contributed by atoms with E-state index >= 15 is 0 Å². The summed E-state index contributed by atoms with van der Waals surface area (Å²) in [6.07, 6.45) is 3.35. The van der Waals surface area contributed by atoms with Crippen LogP contribution in [0.1, 0.15) is 15.9 Å². The maximum Gasteiger partial charge on any atom is 0.261 e. The molecule has 1 amide bonds. The molecule has 2 N–H and O–H groups in total. The highest BCUT2D eigenvalue weighted by Gasteiger charge is 2.17. The molecule has 0 spiro atoms. The van der Waals surface area contributed by atoms with Gasteiger partial charge in [0.05, 0.1) is 22.8 Å². The van der Waals surface area contributed by atoms with Crippen molar-refractivity contribution in [2.45, 2.75) is 11.7 Å². The summed E-state index contributed by atoms with van der Waals surface area (Å²) in [7, 11) is 1.62. The van der Waals surface area contributed by atoms with Crippen LogP contribution in [0.15, 0.2) is 53.8 Å². The molecule has 0 bridgehead atoms. The first kappa shape index (κ1) is 21.2. The average molecular weight is 449 g/mol. The van der Waals surface area contributed by atoms with Crippen LogP contribution < -0.4 is 15.4 Å². The Morgan fingerprint density at radius 1 is 1.14 bits per heavy atom. The lowest BCUT2D eigenvalue weighted by Gasteiger charge is -2.13. The number of hydrogen-bond acceptors (Lipinski definition) is 6. The number of methoxy groups -OCH3 is 1. The zero-order valence-corrected chi connectivity index (χ0v) is 18.0. The molecule has 6 nitrogen and oxygen atoms in total. The molecule has 150 valence electrons. The molecule has 2 aromatic carbocycles. The molecule has 0 fully saturated rings. The number of thioether (sulfide) groups is 1. The number of carbonyl (C=O) groups excluding carboxylic acids is 1. The lowest BCUT2D eigenvalue weighted by molar-refractivity contribution is 0.102. The van der Waals surface area contributed by atoms with Crippen LogP contribution in [0.2, 0.25) is 10.0 Å². The summed E-state index contributed by atoms with van der Waals surface area (Å²) in [4.78, 5) is 21.5. The van der Waals surface area contributed by atoms with Crippen molar-refractivity contribution in [3.8, 4) is 5.75 Å². The van der Waals surface area contributed by atoms with E-state index in [0.717, 1.165) is 11.3 Å². The Labute approximate surface area is 183 Å². The number of benzene rings is 2. The van der Waals surface area contributed by atoms with Gasteiger partial charge in [-0.15, -0.1) is 0 Å². The van der Waals surface area contributed by atoms with Crippen LogP contribution in [0.3, 0.4) is 0 Å². The van der Waals surface area contributed by atoms with Gasteiger partial charge in [-0.25, -0.2) is 9.97 Å². The van der Waals surface area contributed by atoms with Crippen LogP contribution in [0.4, 0.5) is 11.5 Å². The number of ether oxygens (including phenoxy) is 1. The SMILES string of the molecule is COc1ccc(CNc2nc(SC)ncc2C(=O)Nc2c(Cl)cccc2Cl)cc1. The number of aromatic nitrogens is 2. The van der Waals surface area contributed by atoms with E-state index in [-0.39, 0.29) is 5.56 Å². The predicted octanol–water partition coefficient (Wildman–Crippen LogP) is 5.38. The Kier molecular flexibility index (Phi) is 7.19. The van der Waals surface area contributed by atoms with Crippen LogP contribution in [0.5, 0.6) is 5.75 Å². The molecule has 1 heterocycles. The van der Waals surface area contributed by atoms with Crippen molar-refractivity contribution in [1.29, 1.82) is 0 Å². The minimum Gasteiger partial charge on any atom is -0.497 e. The normalized spacial score (nSPS) is 10.5. The van der Waals surface area contributed by atoms with E-state index < -0.39 is 5.91 Å². The van der Waals surface area contributed by atoms with Crippen LogP contribution in [-0.4, -0.2) is 29.2 Å². The summed E-state index contributed by atoms with van der Waals surface area (Å²) in [5.74, 6) is 0.780. The van der Waals surface area contributed by atoms with Crippen molar-refractivity contribution in [1.82, 2.24) is 9.97 Å². The second-order valence-corrected chi connectivity index (χ2v) is 7.46. The molecule has 29 heavy (non-hydrogen) atoms. The largest absolute Gasteiger partial charge is 0.497 e. The highest BCUT2D eigenvalue weighted by molar-refractivity contribution is 7.98. The summed E-state index contributed by atoms with van der Waals surface area (Å²) < 4.78 is 5.17. The first-order valence-electron chi connectivity index (χ1n) is 8.55. The molecular weight excluding hydrogens is 431 g/mol. The summed E-state index contributed by atoms with van der Waals surface area (Å²) in [6, 6.07) is 12.6. The minimum atomic E-state index is -0.412. The van der Waals surface area contributed by atoms with Gasteiger partial charge in [-0.05, 0) is 36.1 Å². The van der Waals surface area contributed by atoms with Gasteiger partial charge < -0.3 is 15.4 Å². The number of nitrogens with one attached hydrogen (secondary N) is 2. The number of halogens is 2. The van der Waals surface area contributed by atoms with Crippen molar-refractivity contribution in [3.63, 3.8) is 0 Å². The number of anilines is 2. The standard InChI is InChI=1S/C20H18Cl2N4O2S/c1-28-13-8-6-12(7-9-13)10-23-18-14(11-24-20(26-18)29-2)19(27)25-17-15(21)4-3-5-16(17)22/h3-9,11H,10H2,1-2H3,(H,25,27)(H,23,24,26). The molecule has 3 aromatic rings. The van der Waals surface area contributed by atoms with Crippen LogP contribution >= 0.6 is 35.0 Å². The Morgan fingerprint density at radius 3 is 2.45 bits per heavy atom. The number of para-hydroxylation sites is 1. The van der Waals surface area contributed by atoms with E-state index in [4.69, 9.17) is 27.9 Å². The summed E-state index contributed by atoms with van der Waals surface area (Å²) in [6.45, 7) is 0.474. The summed E-state index contributed by atoms with van der Waals surface area (Å²) >= 11 is 13.7. The monoisotopic (exact) mass is 448 g/mol. The predicted molar refractivity (Wildman–Crippen MR) is 119 cm³/mol. The Hall–Kier alpha value is -2.48. The fourth-order valence-corrected chi connectivity index (χ4v) is 3.32. The lowest BCUT2D eigenvalue weighted by Crippen LogP contribution is -2.17. The van der Waals surface area contributed by atoms with E-state index in [1.807, 2.05) is 30.5 Å². The van der Waals surface area contributed by atoms with Gasteiger partial charge in [-0.2, -0.15) is 0 Å². The molecule has 0 unspecified atom stereocenters. The maximum absolute atomic E-state index is 12.9. The number of nitrogens with zero attached hydrogens (tertiary/aromatic N) is 2.